The number of methoxy groups -OCH3 is 2. The topological polar surface area (TPSA) is 87.0 Å². The van der Waals surface area contributed by atoms with Gasteiger partial charge in [-0.1, -0.05) is 13.8 Å². The Morgan fingerprint density at radius 1 is 1.29 bits per heavy atom. The van der Waals surface area contributed by atoms with Gasteiger partial charge in [0.1, 0.15) is 12.1 Å². The van der Waals surface area contributed by atoms with Crippen LogP contribution in [0.2, 0.25) is 0 Å². The van der Waals surface area contributed by atoms with Gasteiger partial charge in [-0.2, -0.15) is 0 Å². The van der Waals surface area contributed by atoms with Crippen molar-refractivity contribution in [3.05, 3.63) is 18.5 Å². The Hall–Kier alpha value is -1.87. The summed E-state index contributed by atoms with van der Waals surface area (Å²) in [6.45, 7) is 5.67. The zero-order valence-electron chi connectivity index (χ0n) is 16.8. The number of hydrogen-bond donors (Lipinski definition) is 2. The molecule has 2 N–H and O–H groups in total. The molecule has 28 heavy (non-hydrogen) atoms. The van der Waals surface area contributed by atoms with Crippen LogP contribution in [0.3, 0.4) is 0 Å². The Morgan fingerprint density at radius 2 is 2.04 bits per heavy atom. The molecule has 2 bridgehead atoms. The van der Waals surface area contributed by atoms with Gasteiger partial charge in [-0.15, -0.1) is 0 Å². The van der Waals surface area contributed by atoms with Crippen LogP contribution >= 0.6 is 0 Å². The Kier molecular flexibility index (Phi) is 5.46. The zero-order valence-corrected chi connectivity index (χ0v) is 16.8. The number of ether oxygens (including phenoxy) is 4. The fourth-order valence-electron chi connectivity index (χ4n) is 4.08. The summed E-state index contributed by atoms with van der Waals surface area (Å²) in [4.78, 5) is 4.49. The van der Waals surface area contributed by atoms with E-state index in [1.807, 2.05) is 16.7 Å². The standard InChI is InChI=1S/C20H29N3O5/c1-11(2)5-6-21-17-16-9-27-20(28-16)18(19(17)24)23-10-22-12-7-14(25-3)15(26-4)8-13(12)23/h7-8,10-11,16-21,24H,5-6,9H2,1-4H3/t16-,17-,18-,19+,20-/m1/s1. The van der Waals surface area contributed by atoms with Crippen LogP contribution in [-0.4, -0.2) is 66.6 Å². The van der Waals surface area contributed by atoms with Crippen molar-refractivity contribution in [1.29, 1.82) is 0 Å². The van der Waals surface area contributed by atoms with Crippen LogP contribution in [0.5, 0.6) is 11.5 Å². The summed E-state index contributed by atoms with van der Waals surface area (Å²) in [7, 11) is 3.20. The zero-order chi connectivity index (χ0) is 19.8. The normalized spacial score (nSPS) is 29.6. The van der Waals surface area contributed by atoms with Crippen LogP contribution < -0.4 is 14.8 Å². The molecule has 3 heterocycles. The number of hydrogen-bond acceptors (Lipinski definition) is 7. The summed E-state index contributed by atoms with van der Waals surface area (Å²) in [5, 5.41) is 14.7. The lowest BCUT2D eigenvalue weighted by Crippen LogP contribution is -2.57. The molecule has 2 aliphatic heterocycles. The van der Waals surface area contributed by atoms with Crippen molar-refractivity contribution >= 4 is 11.0 Å². The van der Waals surface area contributed by atoms with Crippen molar-refractivity contribution in [1.82, 2.24) is 14.9 Å². The highest BCUT2D eigenvalue weighted by Crippen LogP contribution is 2.39. The number of rotatable bonds is 7. The Morgan fingerprint density at radius 3 is 2.75 bits per heavy atom. The van der Waals surface area contributed by atoms with Crippen molar-refractivity contribution < 1.29 is 24.1 Å². The summed E-state index contributed by atoms with van der Waals surface area (Å²) in [5.74, 6) is 1.82. The highest BCUT2D eigenvalue weighted by molar-refractivity contribution is 5.80. The maximum Gasteiger partial charge on any atom is 0.181 e. The lowest BCUT2D eigenvalue weighted by molar-refractivity contribution is -0.164. The number of aliphatic hydroxyl groups is 1. The molecule has 2 aliphatic rings. The molecule has 8 heteroatoms. The first kappa shape index (κ1) is 19.4. The SMILES string of the molecule is COc1cc2ncn([C@H]3[C@@H]4OC[C@@H](O4)[C@@H](NCCC(C)C)[C@@H]3O)c2cc1OC. The molecule has 2 saturated heterocycles. The van der Waals surface area contributed by atoms with E-state index in [1.165, 1.54) is 0 Å². The van der Waals surface area contributed by atoms with Gasteiger partial charge >= 0.3 is 0 Å². The molecule has 1 aromatic carbocycles. The molecular weight excluding hydrogens is 362 g/mol. The average Bonchev–Trinajstić information content (AvgIpc) is 3.29. The third-order valence-electron chi connectivity index (χ3n) is 5.63. The van der Waals surface area contributed by atoms with Gasteiger partial charge in [0.25, 0.3) is 0 Å². The number of fused-ring (bicyclic) bond motifs is 3. The van der Waals surface area contributed by atoms with Gasteiger partial charge in [-0.25, -0.2) is 4.98 Å². The largest absolute Gasteiger partial charge is 0.493 e. The Balaban J connectivity index is 1.65. The lowest BCUT2D eigenvalue weighted by atomic mass is 9.95. The quantitative estimate of drug-likeness (QED) is 0.743. The van der Waals surface area contributed by atoms with Crippen LogP contribution in [0.25, 0.3) is 11.0 Å². The molecule has 0 unspecified atom stereocenters. The number of nitrogens with one attached hydrogen (secondary N) is 1. The summed E-state index contributed by atoms with van der Waals surface area (Å²) >= 11 is 0. The van der Waals surface area contributed by atoms with E-state index in [4.69, 9.17) is 18.9 Å². The van der Waals surface area contributed by atoms with Crippen molar-refractivity contribution in [3.63, 3.8) is 0 Å². The monoisotopic (exact) mass is 391 g/mol. The summed E-state index contributed by atoms with van der Waals surface area (Å²) in [5.41, 5.74) is 1.59. The van der Waals surface area contributed by atoms with E-state index in [0.29, 0.717) is 24.0 Å². The highest BCUT2D eigenvalue weighted by atomic mass is 16.7. The van der Waals surface area contributed by atoms with Gasteiger partial charge in [0.05, 0.1) is 50.3 Å². The minimum absolute atomic E-state index is 0.146. The van der Waals surface area contributed by atoms with E-state index in [0.717, 1.165) is 24.0 Å². The van der Waals surface area contributed by atoms with Crippen LogP contribution in [0.4, 0.5) is 0 Å². The molecule has 2 aromatic rings. The first-order chi connectivity index (χ1) is 13.5. The summed E-state index contributed by atoms with van der Waals surface area (Å²) < 4.78 is 24.7. The van der Waals surface area contributed by atoms with Crippen LogP contribution in [0.1, 0.15) is 26.3 Å². The van der Waals surface area contributed by atoms with Crippen molar-refractivity contribution in [2.75, 3.05) is 27.4 Å². The first-order valence-electron chi connectivity index (χ1n) is 9.80. The first-order valence-corrected chi connectivity index (χ1v) is 9.80. The fraction of sp³-hybridized carbons (Fsp3) is 0.650. The molecule has 154 valence electrons. The molecule has 5 atom stereocenters. The van der Waals surface area contributed by atoms with Gasteiger partial charge in [0.15, 0.2) is 17.8 Å². The smallest absolute Gasteiger partial charge is 0.181 e. The maximum atomic E-state index is 11.2. The molecule has 0 radical (unpaired) electrons. The highest BCUT2D eigenvalue weighted by Gasteiger charge is 2.51. The predicted octanol–water partition coefficient (Wildman–Crippen LogP) is 1.71. The third kappa shape index (κ3) is 3.34. The van der Waals surface area contributed by atoms with Crippen molar-refractivity contribution in [2.24, 2.45) is 5.92 Å². The second-order valence-electron chi connectivity index (χ2n) is 7.87. The van der Waals surface area contributed by atoms with Crippen LogP contribution in [-0.2, 0) is 9.47 Å². The van der Waals surface area contributed by atoms with Gasteiger partial charge < -0.3 is 33.9 Å². The molecule has 0 spiro atoms. The van der Waals surface area contributed by atoms with E-state index >= 15 is 0 Å². The molecular formula is C20H29N3O5. The van der Waals surface area contributed by atoms with E-state index in [9.17, 15) is 5.11 Å². The minimum Gasteiger partial charge on any atom is -0.493 e. The van der Waals surface area contributed by atoms with Gasteiger partial charge in [-0.3, -0.25) is 0 Å². The number of aromatic nitrogens is 2. The predicted molar refractivity (Wildman–Crippen MR) is 104 cm³/mol. The van der Waals surface area contributed by atoms with E-state index in [-0.39, 0.29) is 12.1 Å². The molecule has 0 aliphatic carbocycles. The average molecular weight is 391 g/mol. The second kappa shape index (κ2) is 7.87. The van der Waals surface area contributed by atoms with Crippen LogP contribution in [0.15, 0.2) is 18.5 Å². The number of nitrogens with zero attached hydrogens (tertiary/aromatic N) is 2. The van der Waals surface area contributed by atoms with E-state index < -0.39 is 18.4 Å². The summed E-state index contributed by atoms with van der Waals surface area (Å²) in [6.07, 6.45) is 1.44. The third-order valence-corrected chi connectivity index (χ3v) is 5.63. The molecule has 1 aromatic heterocycles. The molecule has 0 saturated carbocycles. The Bertz CT molecular complexity index is 824. The van der Waals surface area contributed by atoms with Crippen LogP contribution in [0, 0.1) is 5.92 Å². The number of benzene rings is 1. The molecule has 4 rings (SSSR count). The molecule has 0 amide bonds. The van der Waals surface area contributed by atoms with Crippen molar-refractivity contribution in [3.8, 4) is 11.5 Å². The lowest BCUT2D eigenvalue weighted by Gasteiger charge is -2.39. The van der Waals surface area contributed by atoms with Crippen molar-refractivity contribution in [2.45, 2.75) is 50.8 Å². The van der Waals surface area contributed by atoms with Gasteiger partial charge in [-0.05, 0) is 18.9 Å². The molecule has 2 fully saturated rings. The Labute approximate surface area is 164 Å². The van der Waals surface area contributed by atoms with Gasteiger partial charge in [0.2, 0.25) is 0 Å². The summed E-state index contributed by atoms with van der Waals surface area (Å²) in [6, 6.07) is 3.10. The number of aliphatic hydroxyl groups excluding tert-OH is 1. The molecule has 8 nitrogen and oxygen atoms in total. The number of imidazole rings is 1. The van der Waals surface area contributed by atoms with Gasteiger partial charge in [0, 0.05) is 12.1 Å². The van der Waals surface area contributed by atoms with E-state index in [2.05, 4.69) is 24.1 Å². The maximum absolute atomic E-state index is 11.2. The second-order valence-corrected chi connectivity index (χ2v) is 7.87. The minimum atomic E-state index is -0.663. The fourth-order valence-corrected chi connectivity index (χ4v) is 4.08. The van der Waals surface area contributed by atoms with E-state index in [1.54, 1.807) is 20.5 Å².